The van der Waals surface area contributed by atoms with Crippen LogP contribution in [0, 0.1) is 0 Å². The Morgan fingerprint density at radius 2 is 1.64 bits per heavy atom. The second kappa shape index (κ2) is 6.16. The topological polar surface area (TPSA) is 26.0 Å². The molecule has 0 saturated heterocycles. The fourth-order valence-corrected chi connectivity index (χ4v) is 3.28. The van der Waals surface area contributed by atoms with Gasteiger partial charge in [0.1, 0.15) is 0 Å². The molecule has 1 rings (SSSR count). The molecule has 0 bridgehead atoms. The van der Waals surface area contributed by atoms with E-state index in [0.717, 1.165) is 0 Å². The summed E-state index contributed by atoms with van der Waals surface area (Å²) in [6, 6.07) is 8.57. The fourth-order valence-electron chi connectivity index (χ4n) is 1.60. The Labute approximate surface area is 88.5 Å². The van der Waals surface area contributed by atoms with Crippen molar-refractivity contribution >= 4 is 7.92 Å². The van der Waals surface area contributed by atoms with Gasteiger partial charge in [0.05, 0.1) is 0 Å². The third kappa shape index (κ3) is 3.08. The first-order valence-electron chi connectivity index (χ1n) is 5.31. The summed E-state index contributed by atoms with van der Waals surface area (Å²) in [6.45, 7) is 5.26. The predicted molar refractivity (Wildman–Crippen MR) is 66.0 cm³/mol. The van der Waals surface area contributed by atoms with Crippen LogP contribution < -0.4 is 5.73 Å². The maximum atomic E-state index is 5.72. The molecule has 14 heavy (non-hydrogen) atoms. The summed E-state index contributed by atoms with van der Waals surface area (Å²) in [5, 5.41) is 0. The lowest BCUT2D eigenvalue weighted by Crippen LogP contribution is -2.01. The van der Waals surface area contributed by atoms with E-state index < -0.39 is 0 Å². The van der Waals surface area contributed by atoms with Crippen molar-refractivity contribution in [2.24, 2.45) is 5.73 Å². The molecule has 2 N–H and O–H groups in total. The molecular weight excluding hydrogens is 189 g/mol. The van der Waals surface area contributed by atoms with E-state index in [9.17, 15) is 0 Å². The van der Waals surface area contributed by atoms with Gasteiger partial charge in [0.2, 0.25) is 0 Å². The van der Waals surface area contributed by atoms with Crippen LogP contribution in [0.25, 0.3) is 0 Å². The molecule has 0 aromatic heterocycles. The third-order valence-corrected chi connectivity index (χ3v) is 5.20. The van der Waals surface area contributed by atoms with Gasteiger partial charge in [0, 0.05) is 6.54 Å². The van der Waals surface area contributed by atoms with Crippen molar-refractivity contribution in [3.8, 4) is 0 Å². The molecule has 0 spiro atoms. The van der Waals surface area contributed by atoms with Crippen LogP contribution >= 0.6 is 7.92 Å². The van der Waals surface area contributed by atoms with Gasteiger partial charge in [-0.05, 0) is 29.6 Å². The van der Waals surface area contributed by atoms with Crippen LogP contribution in [-0.2, 0) is 12.7 Å². The van der Waals surface area contributed by atoms with Crippen LogP contribution in [-0.4, -0.2) is 12.3 Å². The zero-order valence-corrected chi connectivity index (χ0v) is 10.1. The molecule has 0 radical (unpaired) electrons. The summed E-state index contributed by atoms with van der Waals surface area (Å²) in [5.41, 5.74) is 8.50. The van der Waals surface area contributed by atoms with Gasteiger partial charge < -0.3 is 5.73 Å². The minimum Gasteiger partial charge on any atom is -0.326 e. The predicted octanol–water partition coefficient (Wildman–Crippen LogP) is 3.17. The number of hydrogen-bond acceptors (Lipinski definition) is 1. The standard InChI is InChI=1S/C12H20NP/c1-3-14(4-2)10-12-8-6-5-7-11(12)9-13/h5-8H,3-4,9-10,13H2,1-2H3. The second-order valence-corrected chi connectivity index (χ2v) is 6.36. The van der Waals surface area contributed by atoms with Gasteiger partial charge in [-0.2, -0.15) is 0 Å². The molecule has 78 valence electrons. The van der Waals surface area contributed by atoms with Crippen LogP contribution in [0.5, 0.6) is 0 Å². The molecule has 0 unspecified atom stereocenters. The molecule has 0 fully saturated rings. The van der Waals surface area contributed by atoms with Crippen LogP contribution in [0.4, 0.5) is 0 Å². The Balaban J connectivity index is 2.74. The second-order valence-electron chi connectivity index (χ2n) is 3.43. The number of hydrogen-bond donors (Lipinski definition) is 1. The van der Waals surface area contributed by atoms with E-state index in [2.05, 4.69) is 38.1 Å². The summed E-state index contributed by atoms with van der Waals surface area (Å²) in [5.74, 6) is 0. The molecule has 0 saturated carbocycles. The molecule has 1 aromatic rings. The summed E-state index contributed by atoms with van der Waals surface area (Å²) in [4.78, 5) is 0. The summed E-state index contributed by atoms with van der Waals surface area (Å²) < 4.78 is 0. The molecule has 0 amide bonds. The van der Waals surface area contributed by atoms with Crippen LogP contribution in [0.3, 0.4) is 0 Å². The van der Waals surface area contributed by atoms with Crippen molar-refractivity contribution in [3.63, 3.8) is 0 Å². The van der Waals surface area contributed by atoms with Crippen molar-refractivity contribution < 1.29 is 0 Å². The Hall–Kier alpha value is -0.390. The van der Waals surface area contributed by atoms with Gasteiger partial charge in [0.25, 0.3) is 0 Å². The van der Waals surface area contributed by atoms with Crippen molar-refractivity contribution in [2.75, 3.05) is 12.3 Å². The lowest BCUT2D eigenvalue weighted by atomic mass is 10.1. The average molecular weight is 209 g/mol. The van der Waals surface area contributed by atoms with Gasteiger partial charge >= 0.3 is 0 Å². The highest BCUT2D eigenvalue weighted by atomic mass is 31.1. The number of nitrogens with two attached hydrogens (primary N) is 1. The molecule has 0 heterocycles. The van der Waals surface area contributed by atoms with Crippen molar-refractivity contribution in [1.29, 1.82) is 0 Å². The maximum Gasteiger partial charge on any atom is 0.0180 e. The molecule has 1 nitrogen and oxygen atoms in total. The van der Waals surface area contributed by atoms with E-state index in [-0.39, 0.29) is 7.92 Å². The summed E-state index contributed by atoms with van der Waals surface area (Å²) in [7, 11) is 0.190. The quantitative estimate of drug-likeness (QED) is 0.740. The van der Waals surface area contributed by atoms with Crippen molar-refractivity contribution in [1.82, 2.24) is 0 Å². The molecule has 0 aliphatic heterocycles. The molecule has 1 aromatic carbocycles. The highest BCUT2D eigenvalue weighted by molar-refractivity contribution is 7.56. The van der Waals surface area contributed by atoms with Gasteiger partial charge in [-0.15, -0.1) is 7.92 Å². The SMILES string of the molecule is CCP(CC)Cc1ccccc1CN. The first-order valence-corrected chi connectivity index (χ1v) is 7.20. The van der Waals surface area contributed by atoms with E-state index in [0.29, 0.717) is 6.54 Å². The zero-order chi connectivity index (χ0) is 10.4. The normalized spacial score (nSPS) is 10.9. The Morgan fingerprint density at radius 3 is 2.14 bits per heavy atom. The molecule has 0 aliphatic carbocycles. The monoisotopic (exact) mass is 209 g/mol. The lowest BCUT2D eigenvalue weighted by Gasteiger charge is -2.15. The number of rotatable bonds is 5. The largest absolute Gasteiger partial charge is 0.326 e. The van der Waals surface area contributed by atoms with Crippen molar-refractivity contribution in [2.45, 2.75) is 26.6 Å². The van der Waals surface area contributed by atoms with E-state index >= 15 is 0 Å². The van der Waals surface area contributed by atoms with Gasteiger partial charge in [-0.25, -0.2) is 0 Å². The van der Waals surface area contributed by atoms with E-state index in [1.807, 2.05) is 0 Å². The zero-order valence-electron chi connectivity index (χ0n) is 9.16. The Kier molecular flexibility index (Phi) is 5.14. The first-order chi connectivity index (χ1) is 6.81. The number of benzene rings is 1. The first kappa shape index (κ1) is 11.7. The average Bonchev–Trinajstić information content (AvgIpc) is 2.26. The molecular formula is C12H20NP. The lowest BCUT2D eigenvalue weighted by molar-refractivity contribution is 1.04. The molecule has 2 heteroatoms. The summed E-state index contributed by atoms with van der Waals surface area (Å²) >= 11 is 0. The van der Waals surface area contributed by atoms with E-state index in [1.54, 1.807) is 0 Å². The van der Waals surface area contributed by atoms with E-state index in [4.69, 9.17) is 5.73 Å². The smallest absolute Gasteiger partial charge is 0.0180 e. The Morgan fingerprint density at radius 1 is 1.07 bits per heavy atom. The van der Waals surface area contributed by atoms with Crippen LogP contribution in [0.15, 0.2) is 24.3 Å². The van der Waals surface area contributed by atoms with Gasteiger partial charge in [-0.3, -0.25) is 0 Å². The summed E-state index contributed by atoms with van der Waals surface area (Å²) in [6.07, 6.45) is 3.89. The van der Waals surface area contributed by atoms with Gasteiger partial charge in [-0.1, -0.05) is 38.1 Å². The maximum absolute atomic E-state index is 5.72. The molecule has 0 atom stereocenters. The minimum atomic E-state index is 0.190. The molecule has 0 aliphatic rings. The minimum absolute atomic E-state index is 0.190. The van der Waals surface area contributed by atoms with Gasteiger partial charge in [0.15, 0.2) is 0 Å². The highest BCUT2D eigenvalue weighted by Crippen LogP contribution is 2.39. The Bertz CT molecular complexity index is 269. The fraction of sp³-hybridized carbons (Fsp3) is 0.500. The third-order valence-electron chi connectivity index (χ3n) is 2.63. The van der Waals surface area contributed by atoms with Crippen LogP contribution in [0.1, 0.15) is 25.0 Å². The van der Waals surface area contributed by atoms with Crippen LogP contribution in [0.2, 0.25) is 0 Å². The van der Waals surface area contributed by atoms with Crippen molar-refractivity contribution in [3.05, 3.63) is 35.4 Å². The highest BCUT2D eigenvalue weighted by Gasteiger charge is 2.06. The van der Waals surface area contributed by atoms with E-state index in [1.165, 1.54) is 29.6 Å².